The molecule has 0 radical (unpaired) electrons. The van der Waals surface area contributed by atoms with Crippen LogP contribution >= 0.6 is 11.3 Å². The number of nitrogens with one attached hydrogen (secondary N) is 1. The lowest BCUT2D eigenvalue weighted by Crippen LogP contribution is -2.38. The first-order valence-electron chi connectivity index (χ1n) is 9.90. The third kappa shape index (κ3) is 4.56. The van der Waals surface area contributed by atoms with Crippen LogP contribution in [0.2, 0.25) is 0 Å². The number of hydrogen-bond acceptors (Lipinski definition) is 6. The number of rotatable bonds is 8. The number of anilines is 1. The lowest BCUT2D eigenvalue weighted by molar-refractivity contribution is 0.285. The van der Waals surface area contributed by atoms with Crippen molar-refractivity contribution in [2.24, 2.45) is 5.92 Å². The number of nitrogens with zero attached hydrogens (tertiary/aromatic N) is 2. The molecular formula is C22H27N3O2S. The number of para-hydroxylation sites is 3. The lowest BCUT2D eigenvalue weighted by atomic mass is 9.97. The van der Waals surface area contributed by atoms with Crippen LogP contribution < -0.4 is 19.7 Å². The molecule has 0 aliphatic carbocycles. The Morgan fingerprint density at radius 2 is 1.82 bits per heavy atom. The first-order valence-corrected chi connectivity index (χ1v) is 10.7. The molecule has 0 saturated carbocycles. The fourth-order valence-corrected chi connectivity index (χ4v) is 4.62. The highest BCUT2D eigenvalue weighted by molar-refractivity contribution is 7.22. The Morgan fingerprint density at radius 1 is 1.07 bits per heavy atom. The van der Waals surface area contributed by atoms with E-state index in [0.29, 0.717) is 6.61 Å². The third-order valence-corrected chi connectivity index (χ3v) is 6.30. The van der Waals surface area contributed by atoms with Gasteiger partial charge in [-0.05, 0) is 49.6 Å². The maximum Gasteiger partial charge on any atom is 0.186 e. The third-order valence-electron chi connectivity index (χ3n) is 5.21. The van der Waals surface area contributed by atoms with Gasteiger partial charge in [0, 0.05) is 19.6 Å². The average molecular weight is 398 g/mol. The summed E-state index contributed by atoms with van der Waals surface area (Å²) in [4.78, 5) is 7.23. The van der Waals surface area contributed by atoms with E-state index in [9.17, 15) is 0 Å². The van der Waals surface area contributed by atoms with E-state index in [0.717, 1.165) is 54.2 Å². The Labute approximate surface area is 170 Å². The first kappa shape index (κ1) is 19.0. The lowest BCUT2D eigenvalue weighted by Gasteiger charge is -2.31. The van der Waals surface area contributed by atoms with Crippen LogP contribution in [0.3, 0.4) is 0 Å². The summed E-state index contributed by atoms with van der Waals surface area (Å²) in [6.07, 6.45) is 2.41. The van der Waals surface area contributed by atoms with Gasteiger partial charge < -0.3 is 19.7 Å². The maximum absolute atomic E-state index is 5.82. The van der Waals surface area contributed by atoms with Gasteiger partial charge in [-0.3, -0.25) is 0 Å². The van der Waals surface area contributed by atoms with Gasteiger partial charge in [0.25, 0.3) is 0 Å². The summed E-state index contributed by atoms with van der Waals surface area (Å²) in [5, 5.41) is 4.71. The van der Waals surface area contributed by atoms with E-state index >= 15 is 0 Å². The van der Waals surface area contributed by atoms with Gasteiger partial charge in [0.05, 0.1) is 17.3 Å². The number of piperidine rings is 1. The summed E-state index contributed by atoms with van der Waals surface area (Å²) >= 11 is 1.80. The standard InChI is InChI=1S/C22H27N3O2S/c1-26-19-7-3-4-8-20(19)27-15-12-23-16-17-10-13-25(14-11-17)22-24-18-6-2-5-9-21(18)28-22/h2-9,17,23H,10-16H2,1H3. The van der Waals surface area contributed by atoms with E-state index in [1.165, 1.54) is 17.5 Å². The van der Waals surface area contributed by atoms with Crippen molar-refractivity contribution in [1.29, 1.82) is 0 Å². The topological polar surface area (TPSA) is 46.6 Å². The highest BCUT2D eigenvalue weighted by Crippen LogP contribution is 2.31. The summed E-state index contributed by atoms with van der Waals surface area (Å²) in [6, 6.07) is 16.2. The molecule has 1 aliphatic rings. The molecule has 0 bridgehead atoms. The monoisotopic (exact) mass is 397 g/mol. The second-order valence-electron chi connectivity index (χ2n) is 7.10. The maximum atomic E-state index is 5.82. The number of ether oxygens (including phenoxy) is 2. The van der Waals surface area contributed by atoms with Crippen LogP contribution in [0, 0.1) is 5.92 Å². The zero-order chi connectivity index (χ0) is 19.2. The molecule has 1 fully saturated rings. The van der Waals surface area contributed by atoms with E-state index in [4.69, 9.17) is 14.5 Å². The van der Waals surface area contributed by atoms with E-state index < -0.39 is 0 Å². The predicted molar refractivity (Wildman–Crippen MR) is 116 cm³/mol. The van der Waals surface area contributed by atoms with Gasteiger partial charge in [0.2, 0.25) is 0 Å². The second-order valence-corrected chi connectivity index (χ2v) is 8.11. The van der Waals surface area contributed by atoms with E-state index in [-0.39, 0.29) is 0 Å². The highest BCUT2D eigenvalue weighted by Gasteiger charge is 2.21. The number of methoxy groups -OCH3 is 1. The molecule has 28 heavy (non-hydrogen) atoms. The largest absolute Gasteiger partial charge is 0.493 e. The van der Waals surface area contributed by atoms with E-state index in [1.54, 1.807) is 18.4 Å². The minimum atomic E-state index is 0.644. The summed E-state index contributed by atoms with van der Waals surface area (Å²) in [5.74, 6) is 2.30. The van der Waals surface area contributed by atoms with Crippen LogP contribution in [0.1, 0.15) is 12.8 Å². The van der Waals surface area contributed by atoms with Crippen molar-refractivity contribution in [3.63, 3.8) is 0 Å². The Morgan fingerprint density at radius 3 is 2.61 bits per heavy atom. The van der Waals surface area contributed by atoms with Crippen LogP contribution in [-0.4, -0.2) is 44.9 Å². The molecule has 1 aliphatic heterocycles. The SMILES string of the molecule is COc1ccccc1OCCNCC1CCN(c2nc3ccccc3s2)CC1. The smallest absolute Gasteiger partial charge is 0.186 e. The Balaban J connectivity index is 1.17. The normalized spacial score (nSPS) is 15.1. The summed E-state index contributed by atoms with van der Waals surface area (Å²) in [5.41, 5.74) is 1.11. The van der Waals surface area contributed by atoms with Crippen molar-refractivity contribution in [3.8, 4) is 11.5 Å². The minimum Gasteiger partial charge on any atom is -0.493 e. The van der Waals surface area contributed by atoms with Crippen molar-refractivity contribution in [3.05, 3.63) is 48.5 Å². The number of aromatic nitrogens is 1. The summed E-state index contributed by atoms with van der Waals surface area (Å²) in [7, 11) is 1.67. The highest BCUT2D eigenvalue weighted by atomic mass is 32.1. The quantitative estimate of drug-likeness (QED) is 0.578. The fraction of sp³-hybridized carbons (Fsp3) is 0.409. The Bertz CT molecular complexity index is 857. The molecule has 0 atom stereocenters. The van der Waals surface area contributed by atoms with Crippen LogP contribution in [0.4, 0.5) is 5.13 Å². The van der Waals surface area contributed by atoms with Crippen LogP contribution in [0.25, 0.3) is 10.2 Å². The number of fused-ring (bicyclic) bond motifs is 1. The zero-order valence-corrected chi connectivity index (χ0v) is 17.1. The van der Waals surface area contributed by atoms with E-state index in [2.05, 4.69) is 34.5 Å². The molecule has 6 heteroatoms. The van der Waals surface area contributed by atoms with Gasteiger partial charge in [-0.1, -0.05) is 35.6 Å². The van der Waals surface area contributed by atoms with Gasteiger partial charge in [-0.15, -0.1) is 0 Å². The van der Waals surface area contributed by atoms with Crippen LogP contribution in [0.5, 0.6) is 11.5 Å². The predicted octanol–water partition coefficient (Wildman–Crippen LogP) is 4.19. The molecule has 3 aromatic rings. The first-order chi connectivity index (χ1) is 13.8. The molecule has 0 spiro atoms. The Kier molecular flexibility index (Phi) is 6.29. The molecule has 2 aromatic carbocycles. The van der Waals surface area contributed by atoms with Crippen molar-refractivity contribution in [2.45, 2.75) is 12.8 Å². The molecule has 4 rings (SSSR count). The molecule has 1 N–H and O–H groups in total. The van der Waals surface area contributed by atoms with Crippen molar-refractivity contribution in [2.75, 3.05) is 44.8 Å². The fourth-order valence-electron chi connectivity index (χ4n) is 3.60. The van der Waals surface area contributed by atoms with Crippen LogP contribution in [0.15, 0.2) is 48.5 Å². The van der Waals surface area contributed by atoms with Gasteiger partial charge in [-0.2, -0.15) is 0 Å². The molecular weight excluding hydrogens is 370 g/mol. The second kappa shape index (κ2) is 9.26. The molecule has 0 unspecified atom stereocenters. The molecule has 1 saturated heterocycles. The summed E-state index contributed by atoms with van der Waals surface area (Å²) in [6.45, 7) is 4.71. The van der Waals surface area contributed by atoms with Crippen molar-refractivity contribution >= 4 is 26.7 Å². The number of benzene rings is 2. The minimum absolute atomic E-state index is 0.644. The molecule has 0 amide bonds. The van der Waals surface area contributed by atoms with E-state index in [1.807, 2.05) is 24.3 Å². The number of thiazole rings is 1. The van der Waals surface area contributed by atoms with Gasteiger partial charge in [0.15, 0.2) is 16.6 Å². The average Bonchev–Trinajstić information content (AvgIpc) is 3.18. The van der Waals surface area contributed by atoms with Gasteiger partial charge >= 0.3 is 0 Å². The summed E-state index contributed by atoms with van der Waals surface area (Å²) < 4.78 is 12.4. The van der Waals surface area contributed by atoms with Crippen LogP contribution in [-0.2, 0) is 0 Å². The molecule has 148 valence electrons. The Hall–Kier alpha value is -2.31. The molecule has 5 nitrogen and oxygen atoms in total. The van der Waals surface area contributed by atoms with Crippen molar-refractivity contribution in [1.82, 2.24) is 10.3 Å². The van der Waals surface area contributed by atoms with Gasteiger partial charge in [-0.25, -0.2) is 4.98 Å². The zero-order valence-electron chi connectivity index (χ0n) is 16.3. The molecule has 1 aromatic heterocycles. The number of hydrogen-bond donors (Lipinski definition) is 1. The van der Waals surface area contributed by atoms with Gasteiger partial charge in [0.1, 0.15) is 6.61 Å². The van der Waals surface area contributed by atoms with Crippen molar-refractivity contribution < 1.29 is 9.47 Å². The molecule has 2 heterocycles.